The van der Waals surface area contributed by atoms with Gasteiger partial charge < -0.3 is 15.4 Å². The lowest BCUT2D eigenvalue weighted by Crippen LogP contribution is -2.22. The molecule has 1 aromatic rings. The zero-order valence-corrected chi connectivity index (χ0v) is 14.6. The highest BCUT2D eigenvalue weighted by Gasteiger charge is 2.29. The first-order valence-electron chi connectivity index (χ1n) is 7.77. The average Bonchev–Trinajstić information content (AvgIpc) is 2.85. The van der Waals surface area contributed by atoms with E-state index in [0.29, 0.717) is 17.8 Å². The molecule has 0 unspecified atom stereocenters. The van der Waals surface area contributed by atoms with Gasteiger partial charge in [0, 0.05) is 24.7 Å². The normalized spacial score (nSPS) is 18.4. The van der Waals surface area contributed by atoms with Crippen LogP contribution in [0.5, 0.6) is 0 Å². The van der Waals surface area contributed by atoms with Crippen molar-refractivity contribution in [1.82, 2.24) is 0 Å². The zero-order chi connectivity index (χ0) is 18.4. The Morgan fingerprint density at radius 1 is 1.12 bits per heavy atom. The Bertz CT molecular complexity index is 757. The van der Waals surface area contributed by atoms with Gasteiger partial charge in [0.1, 0.15) is 0 Å². The molecular formula is C16H20N2O6S. The molecule has 1 atom stereocenters. The van der Waals surface area contributed by atoms with Gasteiger partial charge in [-0.3, -0.25) is 14.4 Å². The monoisotopic (exact) mass is 368 g/mol. The summed E-state index contributed by atoms with van der Waals surface area (Å²) < 4.78 is 27.6. The third-order valence-corrected chi connectivity index (χ3v) is 5.47. The molecule has 1 fully saturated rings. The number of ether oxygens (including phenoxy) is 1. The van der Waals surface area contributed by atoms with Crippen molar-refractivity contribution >= 4 is 39.0 Å². The van der Waals surface area contributed by atoms with Crippen LogP contribution in [0, 0.1) is 5.92 Å². The molecule has 0 aliphatic carbocycles. The minimum absolute atomic E-state index is 0.00206. The third kappa shape index (κ3) is 6.54. The van der Waals surface area contributed by atoms with Gasteiger partial charge in [-0.25, -0.2) is 8.42 Å². The van der Waals surface area contributed by atoms with Gasteiger partial charge in [0.25, 0.3) is 5.91 Å². The summed E-state index contributed by atoms with van der Waals surface area (Å²) in [6.07, 6.45) is 0.447. The van der Waals surface area contributed by atoms with E-state index in [-0.39, 0.29) is 29.8 Å². The highest BCUT2D eigenvalue weighted by Crippen LogP contribution is 2.21. The number of anilines is 2. The fourth-order valence-electron chi connectivity index (χ4n) is 2.51. The molecule has 0 spiro atoms. The smallest absolute Gasteiger partial charge is 0.306 e. The van der Waals surface area contributed by atoms with E-state index in [9.17, 15) is 22.8 Å². The quantitative estimate of drug-likeness (QED) is 0.722. The molecular weight excluding hydrogens is 348 g/mol. The Morgan fingerprint density at radius 2 is 1.72 bits per heavy atom. The van der Waals surface area contributed by atoms with Gasteiger partial charge >= 0.3 is 5.97 Å². The zero-order valence-electron chi connectivity index (χ0n) is 13.8. The topological polar surface area (TPSA) is 119 Å². The van der Waals surface area contributed by atoms with Crippen molar-refractivity contribution in [2.45, 2.75) is 19.8 Å². The number of nitrogens with one attached hydrogen (secondary N) is 2. The summed E-state index contributed by atoms with van der Waals surface area (Å²) in [5.74, 6) is -1.42. The van der Waals surface area contributed by atoms with Crippen molar-refractivity contribution in [2.75, 3.05) is 28.7 Å². The Balaban J connectivity index is 1.73. The lowest BCUT2D eigenvalue weighted by Gasteiger charge is -2.09. The van der Waals surface area contributed by atoms with E-state index in [1.54, 1.807) is 24.3 Å². The first-order chi connectivity index (χ1) is 11.7. The van der Waals surface area contributed by atoms with Crippen LogP contribution < -0.4 is 10.6 Å². The van der Waals surface area contributed by atoms with E-state index in [1.807, 2.05) is 0 Å². The third-order valence-electron chi connectivity index (χ3n) is 3.64. The molecule has 1 saturated heterocycles. The molecule has 1 heterocycles. The van der Waals surface area contributed by atoms with Gasteiger partial charge in [0.2, 0.25) is 5.91 Å². The van der Waals surface area contributed by atoms with Crippen LogP contribution in [-0.2, 0) is 29.0 Å². The number of carbonyl (C=O) groups is 3. The average molecular weight is 368 g/mol. The molecule has 1 aliphatic rings. The molecule has 2 amide bonds. The maximum Gasteiger partial charge on any atom is 0.306 e. The number of benzene rings is 1. The molecule has 2 N–H and O–H groups in total. The number of amides is 2. The van der Waals surface area contributed by atoms with Crippen LogP contribution in [0.3, 0.4) is 0 Å². The summed E-state index contributed by atoms with van der Waals surface area (Å²) in [6, 6.07) is 6.47. The second kappa shape index (κ2) is 8.11. The van der Waals surface area contributed by atoms with Gasteiger partial charge in [-0.2, -0.15) is 0 Å². The van der Waals surface area contributed by atoms with Gasteiger partial charge in [-0.1, -0.05) is 0 Å². The van der Waals surface area contributed by atoms with E-state index >= 15 is 0 Å². The Morgan fingerprint density at radius 3 is 2.24 bits per heavy atom. The van der Waals surface area contributed by atoms with Gasteiger partial charge in [0.15, 0.2) is 16.4 Å². The number of hydrogen-bond donors (Lipinski definition) is 2. The predicted octanol–water partition coefficient (Wildman–Crippen LogP) is 0.951. The van der Waals surface area contributed by atoms with Crippen LogP contribution >= 0.6 is 0 Å². The summed E-state index contributed by atoms with van der Waals surface area (Å²) >= 11 is 0. The van der Waals surface area contributed by atoms with Crippen molar-refractivity contribution < 1.29 is 27.5 Å². The number of esters is 1. The van der Waals surface area contributed by atoms with Crippen LogP contribution in [0.4, 0.5) is 11.4 Å². The molecule has 2 rings (SSSR count). The van der Waals surface area contributed by atoms with Crippen LogP contribution in [-0.4, -0.2) is 44.3 Å². The molecule has 0 bridgehead atoms. The minimum atomic E-state index is -3.04. The summed E-state index contributed by atoms with van der Waals surface area (Å²) in [5, 5.41) is 5.16. The Hall–Kier alpha value is -2.42. The molecule has 136 valence electrons. The molecule has 0 aromatic heterocycles. The molecule has 8 nitrogen and oxygen atoms in total. The van der Waals surface area contributed by atoms with E-state index in [0.717, 1.165) is 0 Å². The Labute approximate surface area is 145 Å². The molecule has 9 heteroatoms. The lowest BCUT2D eigenvalue weighted by atomic mass is 10.1. The number of sulfone groups is 1. The fraction of sp³-hybridized carbons (Fsp3) is 0.438. The second-order valence-electron chi connectivity index (χ2n) is 5.94. The van der Waals surface area contributed by atoms with Crippen LogP contribution in [0.1, 0.15) is 19.8 Å². The van der Waals surface area contributed by atoms with Crippen molar-refractivity contribution in [3.05, 3.63) is 24.3 Å². The van der Waals surface area contributed by atoms with Gasteiger partial charge in [-0.05, 0) is 36.6 Å². The maximum absolute atomic E-state index is 11.8. The van der Waals surface area contributed by atoms with Crippen molar-refractivity contribution in [3.8, 4) is 0 Å². The Kier molecular flexibility index (Phi) is 6.13. The van der Waals surface area contributed by atoms with Gasteiger partial charge in [-0.15, -0.1) is 0 Å². The number of hydrogen-bond acceptors (Lipinski definition) is 6. The van der Waals surface area contributed by atoms with E-state index in [1.165, 1.54) is 6.92 Å². The summed E-state index contributed by atoms with van der Waals surface area (Å²) in [6.45, 7) is 0.955. The van der Waals surface area contributed by atoms with Crippen LogP contribution in [0.25, 0.3) is 0 Å². The summed E-state index contributed by atoms with van der Waals surface area (Å²) in [5.41, 5.74) is 1.10. The largest absolute Gasteiger partial charge is 0.456 e. The standard InChI is InChI=1S/C16H20N2O6S/c1-11(19)17-13-2-4-14(5-3-13)18-15(20)9-24-16(21)8-12-6-7-25(22,23)10-12/h2-5,12H,6-10H2,1H3,(H,17,19)(H,18,20)/t12-/m1/s1. The van der Waals surface area contributed by atoms with Crippen molar-refractivity contribution in [1.29, 1.82) is 0 Å². The lowest BCUT2D eigenvalue weighted by molar-refractivity contribution is -0.148. The van der Waals surface area contributed by atoms with E-state index < -0.39 is 28.3 Å². The first-order valence-corrected chi connectivity index (χ1v) is 9.59. The predicted molar refractivity (Wildman–Crippen MR) is 91.7 cm³/mol. The highest BCUT2D eigenvalue weighted by molar-refractivity contribution is 7.91. The molecule has 0 radical (unpaired) electrons. The maximum atomic E-state index is 11.8. The fourth-order valence-corrected chi connectivity index (χ4v) is 4.37. The number of rotatable bonds is 6. The molecule has 1 aromatic carbocycles. The molecule has 25 heavy (non-hydrogen) atoms. The van der Waals surface area contributed by atoms with Crippen molar-refractivity contribution in [2.24, 2.45) is 5.92 Å². The highest BCUT2D eigenvalue weighted by atomic mass is 32.2. The summed E-state index contributed by atoms with van der Waals surface area (Å²) in [4.78, 5) is 34.4. The summed E-state index contributed by atoms with van der Waals surface area (Å²) in [7, 11) is -3.04. The second-order valence-corrected chi connectivity index (χ2v) is 8.17. The van der Waals surface area contributed by atoms with Crippen LogP contribution in [0.2, 0.25) is 0 Å². The van der Waals surface area contributed by atoms with E-state index in [2.05, 4.69) is 10.6 Å². The van der Waals surface area contributed by atoms with E-state index in [4.69, 9.17) is 4.74 Å². The SMILES string of the molecule is CC(=O)Nc1ccc(NC(=O)COC(=O)C[C@H]2CCS(=O)(=O)C2)cc1. The molecule has 1 aliphatic heterocycles. The minimum Gasteiger partial charge on any atom is -0.456 e. The number of carbonyl (C=O) groups excluding carboxylic acids is 3. The first kappa shape index (κ1) is 18.9. The van der Waals surface area contributed by atoms with Crippen LogP contribution in [0.15, 0.2) is 24.3 Å². The van der Waals surface area contributed by atoms with Crippen molar-refractivity contribution in [3.63, 3.8) is 0 Å². The van der Waals surface area contributed by atoms with Gasteiger partial charge in [0.05, 0.1) is 11.5 Å². The molecule has 0 saturated carbocycles.